The summed E-state index contributed by atoms with van der Waals surface area (Å²) >= 11 is 0. The summed E-state index contributed by atoms with van der Waals surface area (Å²) in [7, 11) is 1.37. The molecule has 0 aliphatic rings. The third-order valence-corrected chi connectivity index (χ3v) is 10.3. The van der Waals surface area contributed by atoms with E-state index in [0.717, 1.165) is 30.6 Å². The van der Waals surface area contributed by atoms with Gasteiger partial charge in [-0.2, -0.15) is 5.26 Å². The van der Waals surface area contributed by atoms with Crippen LogP contribution in [0, 0.1) is 11.3 Å². The summed E-state index contributed by atoms with van der Waals surface area (Å²) in [6.45, 7) is 4.09. The number of carbonyl (C=O) groups excluding carboxylic acids is 7. The van der Waals surface area contributed by atoms with Crippen LogP contribution in [-0.2, 0) is 40.0 Å². The molecule has 0 saturated heterocycles. The Kier molecular flexibility index (Phi) is 27.4. The summed E-state index contributed by atoms with van der Waals surface area (Å²) < 4.78 is 11.1. The molecule has 12 N–H and O–H groups in total. The van der Waals surface area contributed by atoms with Gasteiger partial charge in [-0.1, -0.05) is 69.7 Å². The first-order valence-electron chi connectivity index (χ1n) is 22.7. The minimum atomic E-state index is -1.34. The summed E-state index contributed by atoms with van der Waals surface area (Å²) in [5.41, 5.74) is 17.9. The standard InChI is InChI=1S/C46H71N11O9/c1-4-5-6-7-8-9-10-11-39(58)53-31-41(60)51-26-21-40(59)55-37(20-22-47)46(64)57(3)42(34-14-18-36(19-15-34)66-29-25-50)45(63)54-32(2)43(61)56-38(44(62)52-27-23-48)30-33-12-16-35(17-13-33)65-28-24-49/h12-19,32,37-38,42H,4-11,20-22,24-31,47,49-50H2,1-3H3,(H,51,60)(H,52,62)(H,53,58)(H,54,63)(H,55,59)(H,56,61)/t32-,37-,38-,42-/m0/s1. The van der Waals surface area contributed by atoms with E-state index in [1.165, 1.54) is 33.2 Å². The second kappa shape index (κ2) is 32.4. The number of nitrogens with two attached hydrogens (primary N) is 3. The van der Waals surface area contributed by atoms with E-state index in [2.05, 4.69) is 38.8 Å². The number of hydrogen-bond donors (Lipinski definition) is 9. The first-order chi connectivity index (χ1) is 31.8. The number of nitriles is 1. The lowest BCUT2D eigenvalue weighted by molar-refractivity contribution is -0.143. The predicted octanol–water partition coefficient (Wildman–Crippen LogP) is 0.330. The van der Waals surface area contributed by atoms with E-state index in [1.807, 2.05) is 6.07 Å². The van der Waals surface area contributed by atoms with E-state index in [1.54, 1.807) is 48.5 Å². The molecule has 20 heteroatoms. The van der Waals surface area contributed by atoms with Crippen molar-refractivity contribution in [3.8, 4) is 17.6 Å². The molecule has 2 aromatic rings. The Morgan fingerprint density at radius 1 is 0.667 bits per heavy atom. The molecule has 0 fully saturated rings. The highest BCUT2D eigenvalue weighted by atomic mass is 16.5. The van der Waals surface area contributed by atoms with Crippen LogP contribution >= 0.6 is 0 Å². The van der Waals surface area contributed by atoms with E-state index in [0.29, 0.717) is 42.2 Å². The van der Waals surface area contributed by atoms with Gasteiger partial charge in [0.25, 0.3) is 0 Å². The van der Waals surface area contributed by atoms with Crippen molar-refractivity contribution < 1.29 is 43.0 Å². The molecule has 2 rings (SSSR count). The summed E-state index contributed by atoms with van der Waals surface area (Å²) in [6.07, 6.45) is 7.66. The fourth-order valence-corrected chi connectivity index (χ4v) is 6.67. The zero-order valence-corrected chi connectivity index (χ0v) is 38.7. The highest BCUT2D eigenvalue weighted by Crippen LogP contribution is 2.24. The maximum absolute atomic E-state index is 14.2. The lowest BCUT2D eigenvalue weighted by Crippen LogP contribution is -2.56. The molecule has 2 aromatic carbocycles. The van der Waals surface area contributed by atoms with E-state index in [9.17, 15) is 33.6 Å². The number of hydrogen-bond acceptors (Lipinski definition) is 13. The van der Waals surface area contributed by atoms with Crippen LogP contribution in [0.5, 0.6) is 11.5 Å². The van der Waals surface area contributed by atoms with Crippen LogP contribution in [0.3, 0.4) is 0 Å². The molecule has 0 aliphatic heterocycles. The smallest absolute Gasteiger partial charge is 0.248 e. The fourth-order valence-electron chi connectivity index (χ4n) is 6.67. The molecule has 0 spiro atoms. The normalized spacial score (nSPS) is 12.5. The summed E-state index contributed by atoms with van der Waals surface area (Å²) in [5, 5.41) is 24.7. The second-order valence-corrected chi connectivity index (χ2v) is 15.7. The quantitative estimate of drug-likeness (QED) is 0.0345. The van der Waals surface area contributed by atoms with Gasteiger partial charge in [0.15, 0.2) is 0 Å². The molecule has 4 atom stereocenters. The van der Waals surface area contributed by atoms with Gasteiger partial charge in [0.2, 0.25) is 41.4 Å². The molecule has 66 heavy (non-hydrogen) atoms. The van der Waals surface area contributed by atoms with E-state index >= 15 is 0 Å². The van der Waals surface area contributed by atoms with Crippen LogP contribution in [-0.4, -0.2) is 124 Å². The first-order valence-corrected chi connectivity index (χ1v) is 22.7. The summed E-state index contributed by atoms with van der Waals surface area (Å²) in [6, 6.07) is 10.1. The first kappa shape index (κ1) is 55.8. The van der Waals surface area contributed by atoms with Crippen molar-refractivity contribution in [3.63, 3.8) is 0 Å². The van der Waals surface area contributed by atoms with Gasteiger partial charge in [0.05, 0.1) is 12.6 Å². The maximum atomic E-state index is 14.2. The van der Waals surface area contributed by atoms with Gasteiger partial charge in [-0.3, -0.25) is 33.6 Å². The van der Waals surface area contributed by atoms with Gasteiger partial charge in [-0.05, 0) is 61.7 Å². The maximum Gasteiger partial charge on any atom is 0.248 e. The Morgan fingerprint density at radius 2 is 1.27 bits per heavy atom. The van der Waals surface area contributed by atoms with E-state index < -0.39 is 59.6 Å². The third kappa shape index (κ3) is 21.6. The average Bonchev–Trinajstić information content (AvgIpc) is 3.31. The topological polar surface area (TPSA) is 315 Å². The van der Waals surface area contributed by atoms with E-state index in [-0.39, 0.29) is 64.5 Å². The van der Waals surface area contributed by atoms with Crippen LogP contribution in [0.4, 0.5) is 0 Å². The Morgan fingerprint density at radius 3 is 1.86 bits per heavy atom. The van der Waals surface area contributed by atoms with Gasteiger partial charge in [0.1, 0.15) is 55.4 Å². The number of amides is 7. The molecule has 0 saturated carbocycles. The number of carbonyl (C=O) groups is 7. The van der Waals surface area contributed by atoms with Crippen LogP contribution in [0.15, 0.2) is 48.5 Å². The average molecular weight is 922 g/mol. The second-order valence-electron chi connectivity index (χ2n) is 15.7. The molecule has 0 radical (unpaired) electrons. The lowest BCUT2D eigenvalue weighted by atomic mass is 10.0. The number of likely N-dealkylation sites (N-methyl/N-ethyl adjacent to an activating group) is 1. The number of unbranched alkanes of at least 4 members (excludes halogenated alkanes) is 6. The fraction of sp³-hybridized carbons (Fsp3) is 0.565. The number of rotatable bonds is 33. The molecule has 364 valence electrons. The largest absolute Gasteiger partial charge is 0.492 e. The molecule has 7 amide bonds. The molecule has 0 aliphatic carbocycles. The molecule has 0 heterocycles. The van der Waals surface area contributed by atoms with Crippen molar-refractivity contribution in [2.75, 3.05) is 59.5 Å². The molecular formula is C46H71N11O9. The Bertz CT molecular complexity index is 1860. The lowest BCUT2D eigenvalue weighted by Gasteiger charge is -2.32. The van der Waals surface area contributed by atoms with Crippen LogP contribution in [0.1, 0.15) is 95.2 Å². The van der Waals surface area contributed by atoms with Crippen molar-refractivity contribution in [3.05, 3.63) is 59.7 Å². The molecule has 0 aromatic heterocycles. The van der Waals surface area contributed by atoms with Crippen molar-refractivity contribution in [1.29, 1.82) is 5.26 Å². The Hall–Kier alpha value is -6.30. The summed E-state index contributed by atoms with van der Waals surface area (Å²) in [4.78, 5) is 93.8. The highest BCUT2D eigenvalue weighted by molar-refractivity contribution is 5.96. The number of nitrogens with zero attached hydrogens (tertiary/aromatic N) is 2. The SMILES string of the molecule is CCCCCCCCCC(=O)NCC(=O)NCCC(=O)N[C@@H](CCN)C(=O)N(C)[C@H](C(=O)N[C@@H](C)C(=O)N[C@@H](Cc1ccc(OCCN)cc1)C(=O)NCC#N)c1ccc(OCCN)cc1. The Balaban J connectivity index is 2.14. The number of ether oxygens (including phenoxy) is 2. The molecule has 0 bridgehead atoms. The third-order valence-electron chi connectivity index (χ3n) is 10.3. The van der Waals surface area contributed by atoms with Crippen LogP contribution in [0.25, 0.3) is 0 Å². The van der Waals surface area contributed by atoms with Crippen LogP contribution in [0.2, 0.25) is 0 Å². The molecule has 0 unspecified atom stereocenters. The number of benzene rings is 2. The van der Waals surface area contributed by atoms with Gasteiger partial charge in [-0.15, -0.1) is 0 Å². The van der Waals surface area contributed by atoms with Crippen LogP contribution < -0.4 is 58.6 Å². The zero-order chi connectivity index (χ0) is 48.7. The van der Waals surface area contributed by atoms with Crippen molar-refractivity contribution in [2.45, 2.75) is 109 Å². The predicted molar refractivity (Wildman–Crippen MR) is 248 cm³/mol. The number of nitrogens with one attached hydrogen (secondary N) is 6. The molecular weight excluding hydrogens is 851 g/mol. The minimum absolute atomic E-state index is 0.00359. The highest BCUT2D eigenvalue weighted by Gasteiger charge is 2.35. The van der Waals surface area contributed by atoms with E-state index in [4.69, 9.17) is 31.9 Å². The van der Waals surface area contributed by atoms with Gasteiger partial charge in [-0.25, -0.2) is 0 Å². The zero-order valence-electron chi connectivity index (χ0n) is 38.7. The van der Waals surface area contributed by atoms with Gasteiger partial charge < -0.3 is 63.5 Å². The van der Waals surface area contributed by atoms with Gasteiger partial charge >= 0.3 is 0 Å². The Labute approximate surface area is 388 Å². The van der Waals surface area contributed by atoms with Crippen molar-refractivity contribution in [2.24, 2.45) is 17.2 Å². The van der Waals surface area contributed by atoms with Crippen molar-refractivity contribution in [1.82, 2.24) is 36.8 Å². The van der Waals surface area contributed by atoms with Gasteiger partial charge in [0, 0.05) is 45.9 Å². The van der Waals surface area contributed by atoms with Crippen molar-refractivity contribution >= 4 is 41.4 Å². The monoisotopic (exact) mass is 922 g/mol. The summed E-state index contributed by atoms with van der Waals surface area (Å²) in [5.74, 6) is -3.04. The molecule has 20 nitrogen and oxygen atoms in total. The minimum Gasteiger partial charge on any atom is -0.492 e.